The molecule has 0 radical (unpaired) electrons. The van der Waals surface area contributed by atoms with Crippen LogP contribution in [0.1, 0.15) is 16.7 Å². The summed E-state index contributed by atoms with van der Waals surface area (Å²) in [5, 5.41) is 51.2. The van der Waals surface area contributed by atoms with Crippen LogP contribution in [0.15, 0.2) is 161 Å². The zero-order chi connectivity index (χ0) is 65.8. The Morgan fingerprint density at radius 3 is 1.68 bits per heavy atom. The first-order valence-corrected chi connectivity index (χ1v) is 33.3. The van der Waals surface area contributed by atoms with E-state index in [1.165, 1.54) is 67.6 Å². The molecular formula is C52H44N16O17S6. The van der Waals surface area contributed by atoms with E-state index in [9.17, 15) is 62.0 Å². The first-order valence-electron chi connectivity index (χ1n) is 25.2. The lowest BCUT2D eigenvalue weighted by Gasteiger charge is -2.16. The summed E-state index contributed by atoms with van der Waals surface area (Å²) in [5.41, 5.74) is 6.90. The Kier molecular flexibility index (Phi) is 18.9. The van der Waals surface area contributed by atoms with Gasteiger partial charge in [0.05, 0.1) is 54.4 Å². The fourth-order valence-corrected chi connectivity index (χ4v) is 12.8. The van der Waals surface area contributed by atoms with E-state index in [-0.39, 0.29) is 99.9 Å². The molecule has 0 bridgehead atoms. The zero-order valence-electron chi connectivity index (χ0n) is 47.2. The summed E-state index contributed by atoms with van der Waals surface area (Å²) in [5.74, 6) is -1.06. The fraction of sp³-hybridized carbons (Fsp3) is 0.115. The molecule has 0 amide bonds. The van der Waals surface area contributed by atoms with Crippen molar-refractivity contribution >= 4 is 152 Å². The summed E-state index contributed by atoms with van der Waals surface area (Å²) in [7, 11) is -18.5. The van der Waals surface area contributed by atoms with Gasteiger partial charge in [0.25, 0.3) is 56.3 Å². The zero-order valence-corrected chi connectivity index (χ0v) is 52.1. The number of nitrogens with two attached hydrogens (primary N) is 1. The van der Waals surface area contributed by atoms with E-state index in [0.29, 0.717) is 23.0 Å². The molecule has 0 atom stereocenters. The number of aromatic nitrogens is 5. The standard InChI is InChI=1S/C52H44N16O17S6/c1-28-41(26-53)46(55-31-13-17-37(18-14-31)88(74,75)82-2)60-47(56-32-15-19-38(20-16-32)89(76,77)83-3)44(28)65-67-52-59-45(30-9-11-33(12-10-30)57-50-61-49(54)62-51(63-50)58-34-8-6-7-29(21-34)27-87(71,72)73)48(86-52)66-64-35-22-39-40(42(23-35)90(78,79)84-4)24-36(68(69)70)25-43(39)91(80,81)85-5/h6-25H,27H2,1-5H3,(H2,55,56,60)(H,71,72,73)(H4,54,57,58,61,62,63). The van der Waals surface area contributed by atoms with E-state index >= 15 is 0 Å². The van der Waals surface area contributed by atoms with Crippen molar-refractivity contribution in [1.82, 2.24) is 24.9 Å². The van der Waals surface area contributed by atoms with E-state index in [1.807, 2.05) is 0 Å². The minimum atomic E-state index is -4.78. The van der Waals surface area contributed by atoms with Crippen molar-refractivity contribution in [3.63, 3.8) is 0 Å². The molecule has 7 N–H and O–H groups in total. The second-order valence-corrected chi connectivity index (χ2v) is 27.6. The van der Waals surface area contributed by atoms with Crippen LogP contribution in [0.25, 0.3) is 22.0 Å². The number of thiazole rings is 1. The number of anilines is 9. The maximum atomic E-state index is 13.5. The van der Waals surface area contributed by atoms with Crippen LogP contribution in [-0.2, 0) is 73.1 Å². The number of nitriles is 1. The third kappa shape index (κ3) is 15.2. The Labute approximate surface area is 521 Å². The molecule has 3 aromatic heterocycles. The number of nitro groups is 1. The van der Waals surface area contributed by atoms with Crippen molar-refractivity contribution in [2.24, 2.45) is 20.5 Å². The highest BCUT2D eigenvalue weighted by Gasteiger charge is 2.29. The molecule has 0 spiro atoms. The first kappa shape index (κ1) is 65.5. The normalized spacial score (nSPS) is 12.3. The quantitative estimate of drug-likeness (QED) is 0.0108. The SMILES string of the molecule is COS(=O)(=O)c1ccc(Nc2nc(Nc3ccc(S(=O)(=O)OC)cc3)c(N=Nc3nc(-c4ccc(Nc5nc(N)nc(Nc6cccc(CS(=O)(=O)O)c6)n5)cc4)c(N=Nc4cc(S(=O)(=O)OC)c5cc([N+](=O)[O-])cc(S(=O)(=O)OC)c5c4)s3)c(C)c2C#N)cc1. The monoisotopic (exact) mass is 1360 g/mol. The van der Waals surface area contributed by atoms with Crippen molar-refractivity contribution in [3.8, 4) is 17.3 Å². The molecule has 6 aromatic carbocycles. The van der Waals surface area contributed by atoms with Gasteiger partial charge >= 0.3 is 0 Å². The Morgan fingerprint density at radius 1 is 0.604 bits per heavy atom. The molecule has 9 aromatic rings. The minimum absolute atomic E-state index is 0.0400. The van der Waals surface area contributed by atoms with Crippen LogP contribution in [0.5, 0.6) is 0 Å². The Hall–Kier alpha value is -9.99. The van der Waals surface area contributed by atoms with Gasteiger partial charge in [-0.1, -0.05) is 35.6 Å². The number of azo groups is 2. The van der Waals surface area contributed by atoms with Gasteiger partial charge in [0, 0.05) is 56.8 Å². The van der Waals surface area contributed by atoms with E-state index < -0.39 is 82.1 Å². The molecule has 0 unspecified atom stereocenters. The number of nitrogens with one attached hydrogen (secondary N) is 4. The molecule has 0 saturated carbocycles. The van der Waals surface area contributed by atoms with E-state index in [0.717, 1.165) is 58.0 Å². The number of rotatable bonds is 24. The predicted molar refractivity (Wildman–Crippen MR) is 329 cm³/mol. The maximum absolute atomic E-state index is 13.5. The number of pyridine rings is 1. The van der Waals surface area contributed by atoms with Gasteiger partial charge < -0.3 is 27.0 Å². The summed E-state index contributed by atoms with van der Waals surface area (Å²) < 4.78 is 154. The van der Waals surface area contributed by atoms with Crippen LogP contribution in [0.3, 0.4) is 0 Å². The molecule has 0 fully saturated rings. The molecule has 39 heteroatoms. The van der Waals surface area contributed by atoms with Gasteiger partial charge in [0.2, 0.25) is 23.0 Å². The van der Waals surface area contributed by atoms with Gasteiger partial charge in [0.1, 0.15) is 33.0 Å². The molecule has 0 aliphatic carbocycles. The lowest BCUT2D eigenvalue weighted by Crippen LogP contribution is -2.08. The minimum Gasteiger partial charge on any atom is -0.368 e. The summed E-state index contributed by atoms with van der Waals surface area (Å²) in [6.07, 6.45) is 0. The summed E-state index contributed by atoms with van der Waals surface area (Å²) in [6, 6.07) is 28.7. The van der Waals surface area contributed by atoms with Gasteiger partial charge in [-0.2, -0.15) is 62.3 Å². The number of nitrogen functional groups attached to an aromatic ring is 1. The molecule has 0 aliphatic heterocycles. The van der Waals surface area contributed by atoms with Crippen LogP contribution in [0, 0.1) is 28.4 Å². The molecular weight excluding hydrogens is 1310 g/mol. The number of benzene rings is 6. The molecule has 0 aliphatic rings. The van der Waals surface area contributed by atoms with E-state index in [4.69, 9.17) is 19.1 Å². The van der Waals surface area contributed by atoms with Crippen molar-refractivity contribution in [2.45, 2.75) is 32.3 Å². The number of nitro benzene ring substituents is 1. The highest BCUT2D eigenvalue weighted by molar-refractivity contribution is 7.88. The van der Waals surface area contributed by atoms with Crippen molar-refractivity contribution in [3.05, 3.63) is 148 Å². The van der Waals surface area contributed by atoms with Gasteiger partial charge in [-0.05, 0) is 97.4 Å². The average Bonchev–Trinajstić information content (AvgIpc) is 1.06. The van der Waals surface area contributed by atoms with E-state index in [2.05, 4.69) is 76.1 Å². The first-order chi connectivity index (χ1) is 43.0. The van der Waals surface area contributed by atoms with E-state index in [1.54, 1.807) is 36.4 Å². The van der Waals surface area contributed by atoms with Crippen LogP contribution in [0.4, 0.5) is 79.4 Å². The third-order valence-electron chi connectivity index (χ3n) is 12.6. The number of hydrogen-bond acceptors (Lipinski definition) is 32. The van der Waals surface area contributed by atoms with Gasteiger partial charge in [0.15, 0.2) is 16.6 Å². The fourth-order valence-electron chi connectivity index (χ4n) is 8.35. The van der Waals surface area contributed by atoms with Crippen molar-refractivity contribution < 1.29 is 68.3 Å². The molecule has 3 heterocycles. The van der Waals surface area contributed by atoms with Gasteiger partial charge in [-0.25, -0.2) is 9.97 Å². The van der Waals surface area contributed by atoms with Crippen LogP contribution >= 0.6 is 11.3 Å². The Bertz CT molecular complexity index is 5080. The number of fused-ring (bicyclic) bond motifs is 1. The lowest BCUT2D eigenvalue weighted by atomic mass is 10.1. The highest BCUT2D eigenvalue weighted by atomic mass is 32.2. The second-order valence-electron chi connectivity index (χ2n) is 18.4. The number of hydrogen-bond donors (Lipinski definition) is 6. The average molecular weight is 1360 g/mol. The van der Waals surface area contributed by atoms with Crippen molar-refractivity contribution in [1.29, 1.82) is 5.26 Å². The molecule has 9 rings (SSSR count). The Morgan fingerprint density at radius 2 is 1.13 bits per heavy atom. The topological polar surface area (TPSA) is 483 Å². The van der Waals surface area contributed by atoms with Crippen LogP contribution < -0.4 is 27.0 Å². The summed E-state index contributed by atoms with van der Waals surface area (Å²) in [6.45, 7) is 1.52. The van der Waals surface area contributed by atoms with Crippen molar-refractivity contribution in [2.75, 3.05) is 55.4 Å². The lowest BCUT2D eigenvalue weighted by molar-refractivity contribution is -0.384. The number of non-ortho nitro benzene ring substituents is 1. The third-order valence-corrected chi connectivity index (χ3v) is 19.3. The van der Waals surface area contributed by atoms with Crippen LogP contribution in [0.2, 0.25) is 0 Å². The maximum Gasteiger partial charge on any atom is 0.297 e. The highest BCUT2D eigenvalue weighted by Crippen LogP contribution is 2.44. The van der Waals surface area contributed by atoms with Gasteiger partial charge in [-0.15, -0.1) is 20.5 Å². The molecule has 91 heavy (non-hydrogen) atoms. The predicted octanol–water partition coefficient (Wildman–Crippen LogP) is 9.75. The number of nitrogens with zero attached hydrogens (tertiary/aromatic N) is 11. The summed E-state index contributed by atoms with van der Waals surface area (Å²) >= 11 is 0.772. The smallest absolute Gasteiger partial charge is 0.297 e. The molecule has 0 saturated heterocycles. The summed E-state index contributed by atoms with van der Waals surface area (Å²) in [4.78, 5) is 31.2. The van der Waals surface area contributed by atoms with Gasteiger partial charge in [-0.3, -0.25) is 31.4 Å². The Balaban J connectivity index is 1.15. The molecule has 470 valence electrons. The second kappa shape index (κ2) is 26.2. The van der Waals surface area contributed by atoms with Crippen LogP contribution in [-0.4, -0.2) is 105 Å². The molecule has 33 nitrogen and oxygen atoms in total. The largest absolute Gasteiger partial charge is 0.368 e.